The third-order valence-corrected chi connectivity index (χ3v) is 3.92. The summed E-state index contributed by atoms with van der Waals surface area (Å²) >= 11 is 1.61. The Kier molecular flexibility index (Phi) is 13.9. The summed E-state index contributed by atoms with van der Waals surface area (Å²) in [4.78, 5) is 9.95. The molecule has 0 aromatic heterocycles. The van der Waals surface area contributed by atoms with Gasteiger partial charge in [0.15, 0.2) is 0 Å². The molecule has 0 aliphatic carbocycles. The molecular formula is C15H28ClN3O2Pt-3. The Morgan fingerprint density at radius 3 is 1.68 bits per heavy atom. The molecule has 2 rings (SSSR count). The topological polar surface area (TPSA) is 89.3 Å². The number of hydrogen-bond donors (Lipinski definition) is 1. The molecule has 2 aliphatic rings. The van der Waals surface area contributed by atoms with Gasteiger partial charge in [-0.15, -0.1) is 13.1 Å². The minimum absolute atomic E-state index is 0.0903. The first-order chi connectivity index (χ1) is 10.5. The van der Waals surface area contributed by atoms with E-state index in [9.17, 15) is 4.79 Å². The van der Waals surface area contributed by atoms with Gasteiger partial charge in [-0.25, -0.2) is 0 Å². The number of nitrogens with one attached hydrogen (secondary N) is 1. The van der Waals surface area contributed by atoms with Gasteiger partial charge in [-0.1, -0.05) is 58.3 Å². The maximum atomic E-state index is 9.95. The van der Waals surface area contributed by atoms with Crippen molar-refractivity contribution in [3.05, 3.63) is 16.4 Å². The van der Waals surface area contributed by atoms with Gasteiger partial charge >= 0.3 is 28.2 Å². The molecule has 0 amide bonds. The zero-order chi connectivity index (χ0) is 17.0. The van der Waals surface area contributed by atoms with Crippen LogP contribution < -0.4 is 0 Å². The molecular weight excluding hydrogens is 485 g/mol. The average Bonchev–Trinajstić information content (AvgIpc) is 2.58. The molecule has 0 bridgehead atoms. The van der Waals surface area contributed by atoms with Gasteiger partial charge in [-0.3, -0.25) is 4.79 Å². The van der Waals surface area contributed by atoms with Crippen molar-refractivity contribution >= 4 is 15.4 Å². The van der Waals surface area contributed by atoms with Crippen LogP contribution in [-0.4, -0.2) is 42.3 Å². The van der Waals surface area contributed by atoms with E-state index in [1.807, 2.05) is 0 Å². The van der Waals surface area contributed by atoms with Crippen molar-refractivity contribution in [2.75, 3.05) is 13.1 Å². The zero-order valence-electron chi connectivity index (χ0n) is 13.4. The van der Waals surface area contributed by atoms with Crippen LogP contribution in [0.2, 0.25) is 0 Å². The monoisotopic (exact) mass is 512 g/mol. The van der Waals surface area contributed by atoms with E-state index in [1.54, 1.807) is 32.6 Å². The molecule has 0 saturated carbocycles. The summed E-state index contributed by atoms with van der Waals surface area (Å²) in [5, 5.41) is 17.5. The molecule has 2 N–H and O–H groups in total. The van der Waals surface area contributed by atoms with Gasteiger partial charge in [-0.2, -0.15) is 12.1 Å². The quantitative estimate of drug-likeness (QED) is 0.595. The second kappa shape index (κ2) is 13.7. The SMILES string of the molecule is C1CCC(C2CCCC[N-]2)[N-]C1.CC(C)C([NH-])C(=O)O.[Cl][Pt]. The van der Waals surface area contributed by atoms with Crippen molar-refractivity contribution in [3.8, 4) is 0 Å². The van der Waals surface area contributed by atoms with Crippen LogP contribution in [0.1, 0.15) is 52.4 Å². The third-order valence-electron chi connectivity index (χ3n) is 3.92. The molecule has 0 aromatic carbocycles. The number of halogens is 1. The van der Waals surface area contributed by atoms with E-state index in [2.05, 4.69) is 20.1 Å². The molecule has 22 heavy (non-hydrogen) atoms. The van der Waals surface area contributed by atoms with Crippen molar-refractivity contribution in [2.24, 2.45) is 5.92 Å². The maximum absolute atomic E-state index is 9.95. The number of hydrogen-bond acceptors (Lipinski definition) is 1. The third kappa shape index (κ3) is 9.46. The predicted molar refractivity (Wildman–Crippen MR) is 88.2 cm³/mol. The van der Waals surface area contributed by atoms with Crippen LogP contribution in [0, 0.1) is 5.92 Å². The van der Waals surface area contributed by atoms with Gasteiger partial charge in [0.2, 0.25) is 0 Å². The molecule has 0 spiro atoms. The second-order valence-electron chi connectivity index (χ2n) is 6.00. The Hall–Kier alpha value is 0.328. The Morgan fingerprint density at radius 1 is 1.09 bits per heavy atom. The van der Waals surface area contributed by atoms with Gasteiger partial charge in [0, 0.05) is 0 Å². The van der Waals surface area contributed by atoms with Crippen LogP contribution in [0.3, 0.4) is 0 Å². The summed E-state index contributed by atoms with van der Waals surface area (Å²) in [7, 11) is 4.61. The van der Waals surface area contributed by atoms with Crippen molar-refractivity contribution < 1.29 is 28.7 Å². The molecule has 135 valence electrons. The number of carbonyl (C=O) groups is 1. The van der Waals surface area contributed by atoms with E-state index in [-0.39, 0.29) is 5.92 Å². The minimum atomic E-state index is -1.04. The average molecular weight is 513 g/mol. The van der Waals surface area contributed by atoms with Gasteiger partial charge in [0.25, 0.3) is 5.97 Å². The number of aliphatic carboxylic acids is 1. The number of piperidine rings is 2. The summed E-state index contributed by atoms with van der Waals surface area (Å²) in [6.45, 7) is 5.62. The molecule has 7 heteroatoms. The fraction of sp³-hybridized carbons (Fsp3) is 0.933. The summed E-state index contributed by atoms with van der Waals surface area (Å²) in [5.41, 5.74) is 6.88. The Balaban J connectivity index is 0.000000388. The van der Waals surface area contributed by atoms with Gasteiger partial charge in [0.05, 0.1) is 0 Å². The molecule has 0 aromatic rings. The van der Waals surface area contributed by atoms with Crippen molar-refractivity contribution in [1.29, 1.82) is 0 Å². The Morgan fingerprint density at radius 2 is 1.50 bits per heavy atom. The molecule has 2 saturated heterocycles. The Labute approximate surface area is 149 Å². The van der Waals surface area contributed by atoms with Crippen LogP contribution in [0.5, 0.6) is 0 Å². The summed E-state index contributed by atoms with van der Waals surface area (Å²) in [6.07, 6.45) is 7.97. The summed E-state index contributed by atoms with van der Waals surface area (Å²) in [5.74, 6) is -1.13. The van der Waals surface area contributed by atoms with E-state index in [1.165, 1.54) is 38.5 Å². The molecule has 0 radical (unpaired) electrons. The van der Waals surface area contributed by atoms with E-state index in [4.69, 9.17) is 10.8 Å². The molecule has 5 nitrogen and oxygen atoms in total. The molecule has 3 atom stereocenters. The first-order valence-corrected chi connectivity index (χ1v) is 10.7. The van der Waals surface area contributed by atoms with E-state index >= 15 is 0 Å². The predicted octanol–water partition coefficient (Wildman–Crippen LogP) is 4.67. The van der Waals surface area contributed by atoms with Gasteiger partial charge in [0.1, 0.15) is 0 Å². The normalized spacial score (nSPS) is 26.1. The van der Waals surface area contributed by atoms with Crippen LogP contribution in [-0.2, 0) is 23.6 Å². The van der Waals surface area contributed by atoms with E-state index < -0.39 is 12.0 Å². The second-order valence-corrected chi connectivity index (χ2v) is 6.00. The standard InChI is InChI=1S/C10H18N2.C5H10NO2.ClH.Pt/c1-3-7-11-9(5-1)10-6-2-4-8-12-10;1-3(2)4(6)5(7)8;;/h9-10H,1-8H2;3-4,6H,1-2H3,(H,7,8);1H;/q-2;-1;;+1/p-1. The zero-order valence-corrected chi connectivity index (χ0v) is 16.4. The van der Waals surface area contributed by atoms with E-state index in [0.29, 0.717) is 12.1 Å². The summed E-state index contributed by atoms with van der Waals surface area (Å²) in [6, 6.07) is 0.230. The number of nitrogens with zero attached hydrogens (tertiary/aromatic N) is 2. The van der Waals surface area contributed by atoms with Crippen LogP contribution in [0.25, 0.3) is 16.4 Å². The van der Waals surface area contributed by atoms with Gasteiger partial charge in [-0.05, 0) is 6.04 Å². The molecule has 2 fully saturated rings. The van der Waals surface area contributed by atoms with Crippen LogP contribution >= 0.6 is 9.42 Å². The van der Waals surface area contributed by atoms with E-state index in [0.717, 1.165) is 13.1 Å². The van der Waals surface area contributed by atoms with Crippen molar-refractivity contribution in [2.45, 2.75) is 70.5 Å². The number of carboxylic acids is 1. The van der Waals surface area contributed by atoms with Crippen molar-refractivity contribution in [3.63, 3.8) is 0 Å². The number of carboxylic acid groups (broad SMARTS) is 1. The molecule has 3 unspecified atom stereocenters. The van der Waals surface area contributed by atoms with Crippen LogP contribution in [0.4, 0.5) is 0 Å². The first kappa shape index (κ1) is 22.3. The molecule has 2 heterocycles. The fourth-order valence-electron chi connectivity index (χ4n) is 2.54. The van der Waals surface area contributed by atoms with Crippen LogP contribution in [0.15, 0.2) is 0 Å². The fourth-order valence-corrected chi connectivity index (χ4v) is 2.54. The van der Waals surface area contributed by atoms with Crippen molar-refractivity contribution in [1.82, 2.24) is 0 Å². The van der Waals surface area contributed by atoms with Gasteiger partial charge < -0.3 is 21.5 Å². The molecule has 2 aliphatic heterocycles. The first-order valence-electron chi connectivity index (χ1n) is 7.91. The summed E-state index contributed by atoms with van der Waals surface area (Å²) < 4.78 is 0. The number of rotatable bonds is 3. The Bertz CT molecular complexity index is 268.